The van der Waals surface area contributed by atoms with Crippen LogP contribution in [0.15, 0.2) is 23.1 Å². The van der Waals surface area contributed by atoms with Crippen molar-refractivity contribution >= 4 is 12.1 Å². The monoisotopic (exact) mass is 281 g/mol. The lowest BCUT2D eigenvalue weighted by atomic mass is 9.93. The first kappa shape index (κ1) is 15.8. The molecule has 0 aromatic carbocycles. The van der Waals surface area contributed by atoms with E-state index >= 15 is 0 Å². The van der Waals surface area contributed by atoms with E-state index in [-0.39, 0.29) is 24.3 Å². The highest BCUT2D eigenvalue weighted by Crippen LogP contribution is 2.27. The zero-order chi connectivity index (χ0) is 15.3. The maximum Gasteiger partial charge on any atom is 0.407 e. The van der Waals surface area contributed by atoms with E-state index in [0.29, 0.717) is 11.3 Å². The predicted octanol–water partition coefficient (Wildman–Crippen LogP) is 2.69. The molecule has 0 spiro atoms. The number of carbonyl (C=O) groups is 2. The Balaban J connectivity index is 2.83. The van der Waals surface area contributed by atoms with Gasteiger partial charge in [-0.25, -0.2) is 9.59 Å². The number of nitrogens with one attached hydrogen (secondary N) is 1. The molecule has 110 valence electrons. The van der Waals surface area contributed by atoms with E-state index in [0.717, 1.165) is 0 Å². The largest absolute Gasteiger partial charge is 0.475 e. The number of ether oxygens (including phenoxy) is 1. The van der Waals surface area contributed by atoms with Gasteiger partial charge in [-0.2, -0.15) is 0 Å². The quantitative estimate of drug-likeness (QED) is 0.810. The molecule has 6 nitrogen and oxygen atoms in total. The second-order valence-electron chi connectivity index (χ2n) is 5.26. The summed E-state index contributed by atoms with van der Waals surface area (Å²) in [5, 5.41) is 11.6. The van der Waals surface area contributed by atoms with E-state index in [9.17, 15) is 9.59 Å². The van der Waals surface area contributed by atoms with Gasteiger partial charge in [-0.1, -0.05) is 33.4 Å². The molecule has 0 fully saturated rings. The van der Waals surface area contributed by atoms with Gasteiger partial charge in [0.1, 0.15) is 12.4 Å². The van der Waals surface area contributed by atoms with Crippen molar-refractivity contribution in [3.05, 3.63) is 35.8 Å². The highest BCUT2D eigenvalue weighted by Gasteiger charge is 2.24. The van der Waals surface area contributed by atoms with E-state index in [2.05, 4.69) is 11.9 Å². The van der Waals surface area contributed by atoms with Crippen LogP contribution in [-0.2, 0) is 16.7 Å². The molecule has 0 saturated heterocycles. The van der Waals surface area contributed by atoms with E-state index in [1.165, 1.54) is 6.08 Å². The van der Waals surface area contributed by atoms with Crippen LogP contribution >= 0.6 is 0 Å². The Hall–Kier alpha value is -2.24. The summed E-state index contributed by atoms with van der Waals surface area (Å²) >= 11 is 0. The summed E-state index contributed by atoms with van der Waals surface area (Å²) in [7, 11) is 0. The molecule has 0 radical (unpaired) electrons. The van der Waals surface area contributed by atoms with Crippen LogP contribution < -0.4 is 5.32 Å². The van der Waals surface area contributed by atoms with Crippen LogP contribution in [0.2, 0.25) is 0 Å². The summed E-state index contributed by atoms with van der Waals surface area (Å²) in [4.78, 5) is 22.4. The first-order valence-electron chi connectivity index (χ1n) is 6.13. The van der Waals surface area contributed by atoms with Crippen molar-refractivity contribution in [1.29, 1.82) is 0 Å². The second-order valence-corrected chi connectivity index (χ2v) is 5.26. The number of carboxylic acids is 1. The maximum absolute atomic E-state index is 11.3. The summed E-state index contributed by atoms with van der Waals surface area (Å²) in [5.41, 5.74) is 0.0872. The Labute approximate surface area is 117 Å². The van der Waals surface area contributed by atoms with Gasteiger partial charge in [0.05, 0.1) is 6.54 Å². The zero-order valence-corrected chi connectivity index (χ0v) is 11.9. The molecule has 0 atom stereocenters. The molecule has 1 heterocycles. The Kier molecular flexibility index (Phi) is 4.96. The SMILES string of the molecule is C=CCOC(=O)NCc1cc(C(C)(C)C)oc1C(=O)O. The van der Waals surface area contributed by atoms with Crippen molar-refractivity contribution in [2.45, 2.75) is 32.7 Å². The second kappa shape index (κ2) is 6.27. The minimum atomic E-state index is -1.17. The topological polar surface area (TPSA) is 88.8 Å². The minimum Gasteiger partial charge on any atom is -0.475 e. The molecule has 1 aromatic heterocycles. The average Bonchev–Trinajstić information content (AvgIpc) is 2.77. The molecule has 0 aliphatic heterocycles. The van der Waals surface area contributed by atoms with Gasteiger partial charge in [0.2, 0.25) is 5.76 Å². The molecule has 0 unspecified atom stereocenters. The van der Waals surface area contributed by atoms with Crippen molar-refractivity contribution in [2.75, 3.05) is 6.61 Å². The summed E-state index contributed by atoms with van der Waals surface area (Å²) in [6, 6.07) is 1.64. The number of carboxylic acid groups (broad SMARTS) is 1. The van der Waals surface area contributed by atoms with Crippen LogP contribution in [0.4, 0.5) is 4.79 Å². The third-order valence-corrected chi connectivity index (χ3v) is 2.50. The Bertz CT molecular complexity index is 510. The van der Waals surface area contributed by atoms with Crippen LogP contribution in [0.1, 0.15) is 42.6 Å². The Morgan fingerprint density at radius 1 is 1.50 bits per heavy atom. The summed E-state index contributed by atoms with van der Waals surface area (Å²) in [6.07, 6.45) is 0.803. The summed E-state index contributed by atoms with van der Waals surface area (Å²) in [5.74, 6) is -0.790. The third-order valence-electron chi connectivity index (χ3n) is 2.50. The molecule has 0 bridgehead atoms. The van der Waals surface area contributed by atoms with Gasteiger partial charge in [0.25, 0.3) is 0 Å². The normalized spacial score (nSPS) is 10.9. The van der Waals surface area contributed by atoms with Crippen molar-refractivity contribution in [1.82, 2.24) is 5.32 Å². The lowest BCUT2D eigenvalue weighted by molar-refractivity contribution is 0.0656. The molecule has 1 amide bonds. The molecule has 20 heavy (non-hydrogen) atoms. The van der Waals surface area contributed by atoms with Crippen molar-refractivity contribution in [2.24, 2.45) is 0 Å². The Morgan fingerprint density at radius 3 is 2.65 bits per heavy atom. The highest BCUT2D eigenvalue weighted by atomic mass is 16.5. The fraction of sp³-hybridized carbons (Fsp3) is 0.429. The standard InChI is InChI=1S/C14H19NO5/c1-5-6-19-13(18)15-8-9-7-10(14(2,3)4)20-11(9)12(16)17/h5,7H,1,6,8H2,2-4H3,(H,15,18)(H,16,17). The molecule has 0 aliphatic rings. The smallest absolute Gasteiger partial charge is 0.407 e. The molecular weight excluding hydrogens is 262 g/mol. The van der Waals surface area contributed by atoms with E-state index in [4.69, 9.17) is 14.3 Å². The van der Waals surface area contributed by atoms with E-state index in [1.54, 1.807) is 6.07 Å². The molecule has 1 rings (SSSR count). The van der Waals surface area contributed by atoms with E-state index < -0.39 is 12.1 Å². The number of amides is 1. The van der Waals surface area contributed by atoms with Gasteiger partial charge < -0.3 is 19.6 Å². The van der Waals surface area contributed by atoms with Crippen LogP contribution in [-0.4, -0.2) is 23.8 Å². The predicted molar refractivity (Wildman–Crippen MR) is 72.8 cm³/mol. The van der Waals surface area contributed by atoms with E-state index in [1.807, 2.05) is 20.8 Å². The first-order valence-corrected chi connectivity index (χ1v) is 6.13. The number of furan rings is 1. The van der Waals surface area contributed by atoms with Crippen LogP contribution in [0.5, 0.6) is 0 Å². The number of hydrogen-bond donors (Lipinski definition) is 2. The number of alkyl carbamates (subject to hydrolysis) is 1. The van der Waals surface area contributed by atoms with Gasteiger partial charge in [0.15, 0.2) is 0 Å². The van der Waals surface area contributed by atoms with Gasteiger partial charge in [-0.15, -0.1) is 0 Å². The van der Waals surface area contributed by atoms with Gasteiger partial charge in [-0.3, -0.25) is 0 Å². The van der Waals surface area contributed by atoms with Gasteiger partial charge in [-0.05, 0) is 6.07 Å². The molecule has 1 aromatic rings. The maximum atomic E-state index is 11.3. The number of carbonyl (C=O) groups excluding carboxylic acids is 1. The number of aromatic carboxylic acids is 1. The van der Waals surface area contributed by atoms with Crippen LogP contribution in [0.3, 0.4) is 0 Å². The third kappa shape index (κ3) is 4.15. The molecule has 0 saturated carbocycles. The van der Waals surface area contributed by atoms with Gasteiger partial charge in [0, 0.05) is 11.0 Å². The lowest BCUT2D eigenvalue weighted by Gasteiger charge is -2.13. The van der Waals surface area contributed by atoms with Crippen LogP contribution in [0, 0.1) is 0 Å². The molecule has 6 heteroatoms. The fourth-order valence-electron chi connectivity index (χ4n) is 1.46. The average molecular weight is 281 g/mol. The van der Waals surface area contributed by atoms with Crippen LogP contribution in [0.25, 0.3) is 0 Å². The van der Waals surface area contributed by atoms with Crippen molar-refractivity contribution in [3.63, 3.8) is 0 Å². The zero-order valence-electron chi connectivity index (χ0n) is 11.9. The van der Waals surface area contributed by atoms with Crippen molar-refractivity contribution < 1.29 is 23.8 Å². The molecule has 0 aliphatic carbocycles. The number of hydrogen-bond acceptors (Lipinski definition) is 4. The van der Waals surface area contributed by atoms with Gasteiger partial charge >= 0.3 is 12.1 Å². The minimum absolute atomic E-state index is 0.0250. The summed E-state index contributed by atoms with van der Waals surface area (Å²) in [6.45, 7) is 9.27. The Morgan fingerprint density at radius 2 is 2.15 bits per heavy atom. The first-order chi connectivity index (χ1) is 9.25. The number of rotatable bonds is 5. The van der Waals surface area contributed by atoms with Crippen molar-refractivity contribution in [3.8, 4) is 0 Å². The molecular formula is C14H19NO5. The molecule has 2 N–H and O–H groups in total. The fourth-order valence-corrected chi connectivity index (χ4v) is 1.46. The summed E-state index contributed by atoms with van der Waals surface area (Å²) < 4.78 is 10.1. The lowest BCUT2D eigenvalue weighted by Crippen LogP contribution is -2.24. The highest BCUT2D eigenvalue weighted by molar-refractivity contribution is 5.86.